The van der Waals surface area contributed by atoms with Crippen molar-refractivity contribution in [3.05, 3.63) is 35.9 Å². The van der Waals surface area contributed by atoms with Crippen LogP contribution in [-0.4, -0.2) is 34.9 Å². The average Bonchev–Trinajstić information content (AvgIpc) is 2.83. The molecule has 0 aromatic heterocycles. The summed E-state index contributed by atoms with van der Waals surface area (Å²) in [5.74, 6) is 1.03. The number of ether oxygens (including phenoxy) is 1. The zero-order valence-corrected chi connectivity index (χ0v) is 13.4. The molecule has 2 saturated heterocycles. The van der Waals surface area contributed by atoms with Crippen LogP contribution < -0.4 is 5.32 Å². The fourth-order valence-electron chi connectivity index (χ4n) is 3.33. The number of benzene rings is 1. The van der Waals surface area contributed by atoms with E-state index in [0.29, 0.717) is 11.5 Å². The highest BCUT2D eigenvalue weighted by Gasteiger charge is 2.42. The Morgan fingerprint density at radius 1 is 1.32 bits per heavy atom. The van der Waals surface area contributed by atoms with Crippen LogP contribution in [0.25, 0.3) is 0 Å². The molecular formula is C16H22N2O3S. The van der Waals surface area contributed by atoms with Crippen molar-refractivity contribution in [2.45, 2.75) is 25.9 Å². The first-order valence-corrected chi connectivity index (χ1v) is 9.59. The van der Waals surface area contributed by atoms with Crippen LogP contribution >= 0.6 is 0 Å². The Balaban J connectivity index is 1.61. The summed E-state index contributed by atoms with van der Waals surface area (Å²) in [4.78, 5) is 11.9. The minimum absolute atomic E-state index is 0.0680. The Bertz CT molecular complexity index is 645. The lowest BCUT2D eigenvalue weighted by atomic mass is 9.80. The van der Waals surface area contributed by atoms with E-state index >= 15 is 0 Å². The van der Waals surface area contributed by atoms with E-state index in [1.165, 1.54) is 0 Å². The van der Waals surface area contributed by atoms with Crippen LogP contribution in [0, 0.1) is 5.41 Å². The second kappa shape index (κ2) is 6.38. The highest BCUT2D eigenvalue weighted by atomic mass is 32.2. The van der Waals surface area contributed by atoms with Gasteiger partial charge >= 0.3 is 6.09 Å². The first-order valence-electron chi connectivity index (χ1n) is 7.73. The van der Waals surface area contributed by atoms with Crippen LogP contribution in [0.1, 0.15) is 24.8 Å². The molecule has 0 bridgehead atoms. The molecule has 1 aromatic carbocycles. The van der Waals surface area contributed by atoms with E-state index in [-0.39, 0.29) is 12.0 Å². The monoisotopic (exact) mass is 322 g/mol. The standard InChI is InChI=1S/C16H22N2O3S/c19-15(21-11-14-5-2-1-3-6-14)18-22(20)10-8-16(13-22)7-4-9-17-12-16/h1-3,5-6,17H,4,7-13H2. The van der Waals surface area contributed by atoms with Crippen molar-refractivity contribution >= 4 is 15.8 Å². The number of carbonyl (C=O) groups is 1. The summed E-state index contributed by atoms with van der Waals surface area (Å²) >= 11 is 0. The number of nitrogens with zero attached hydrogens (tertiary/aromatic N) is 1. The second-order valence-electron chi connectivity index (χ2n) is 6.28. The van der Waals surface area contributed by atoms with E-state index in [9.17, 15) is 9.00 Å². The zero-order chi connectivity index (χ0) is 15.5. The quantitative estimate of drug-likeness (QED) is 0.908. The molecule has 1 aromatic rings. The van der Waals surface area contributed by atoms with Gasteiger partial charge in [-0.2, -0.15) is 0 Å². The van der Waals surface area contributed by atoms with Gasteiger partial charge in [-0.15, -0.1) is 4.36 Å². The van der Waals surface area contributed by atoms with Crippen molar-refractivity contribution in [2.24, 2.45) is 9.78 Å². The number of hydrogen-bond donors (Lipinski definition) is 1. The van der Waals surface area contributed by atoms with Gasteiger partial charge in [-0.25, -0.2) is 9.00 Å². The van der Waals surface area contributed by atoms with E-state index < -0.39 is 15.8 Å². The van der Waals surface area contributed by atoms with E-state index in [1.807, 2.05) is 30.3 Å². The summed E-state index contributed by atoms with van der Waals surface area (Å²) < 4.78 is 21.8. The highest BCUT2D eigenvalue weighted by Crippen LogP contribution is 2.38. The molecule has 2 heterocycles. The Hall–Kier alpha value is -1.40. The molecule has 3 rings (SSSR count). The molecule has 2 unspecified atom stereocenters. The van der Waals surface area contributed by atoms with Crippen LogP contribution in [0.4, 0.5) is 4.79 Å². The van der Waals surface area contributed by atoms with Crippen LogP contribution in [-0.2, 0) is 21.1 Å². The largest absolute Gasteiger partial charge is 0.443 e. The molecule has 0 aliphatic carbocycles. The van der Waals surface area contributed by atoms with E-state index in [0.717, 1.165) is 37.9 Å². The van der Waals surface area contributed by atoms with E-state index in [1.54, 1.807) is 0 Å². The maximum atomic E-state index is 12.8. The zero-order valence-electron chi connectivity index (χ0n) is 12.6. The summed E-state index contributed by atoms with van der Waals surface area (Å²) in [5.41, 5.74) is 0.971. The van der Waals surface area contributed by atoms with Crippen LogP contribution in [0.5, 0.6) is 0 Å². The average molecular weight is 322 g/mol. The van der Waals surface area contributed by atoms with Gasteiger partial charge in [0.1, 0.15) is 6.61 Å². The third-order valence-electron chi connectivity index (χ3n) is 4.49. The normalized spacial score (nSPS) is 31.1. The molecule has 0 radical (unpaired) electrons. The fourth-order valence-corrected chi connectivity index (χ4v) is 6.05. The fraction of sp³-hybridized carbons (Fsp3) is 0.562. The number of amides is 1. The first-order chi connectivity index (χ1) is 10.6. The van der Waals surface area contributed by atoms with Crippen molar-refractivity contribution in [3.63, 3.8) is 0 Å². The number of hydrogen-bond acceptors (Lipinski definition) is 4. The minimum atomic E-state index is -2.45. The van der Waals surface area contributed by atoms with Gasteiger partial charge in [0, 0.05) is 18.1 Å². The Kier molecular flexibility index (Phi) is 4.49. The molecule has 2 aliphatic heterocycles. The van der Waals surface area contributed by atoms with Gasteiger partial charge < -0.3 is 10.1 Å². The molecule has 120 valence electrons. The lowest BCUT2D eigenvalue weighted by Crippen LogP contribution is -2.40. The van der Waals surface area contributed by atoms with Gasteiger partial charge in [0.2, 0.25) is 0 Å². The summed E-state index contributed by atoms with van der Waals surface area (Å²) in [7, 11) is -2.45. The number of piperidine rings is 1. The predicted molar refractivity (Wildman–Crippen MR) is 86.1 cm³/mol. The van der Waals surface area contributed by atoms with Gasteiger partial charge in [0.15, 0.2) is 0 Å². The Labute approximate surface area is 131 Å². The lowest BCUT2D eigenvalue weighted by Gasteiger charge is -2.32. The van der Waals surface area contributed by atoms with Crippen molar-refractivity contribution in [1.82, 2.24) is 5.32 Å². The van der Waals surface area contributed by atoms with Gasteiger partial charge in [-0.3, -0.25) is 0 Å². The summed E-state index contributed by atoms with van der Waals surface area (Å²) in [5, 5.41) is 3.37. The molecule has 0 saturated carbocycles. The molecule has 22 heavy (non-hydrogen) atoms. The molecule has 1 amide bonds. The van der Waals surface area contributed by atoms with E-state index in [4.69, 9.17) is 4.74 Å². The van der Waals surface area contributed by atoms with Crippen LogP contribution in [0.2, 0.25) is 0 Å². The maximum Gasteiger partial charge on any atom is 0.442 e. The van der Waals surface area contributed by atoms with Crippen molar-refractivity contribution < 1.29 is 13.7 Å². The smallest absolute Gasteiger partial charge is 0.442 e. The molecule has 1 spiro atoms. The SMILES string of the molecule is O=C(N=S1(=O)CCC2(CCCNC2)C1)OCc1ccccc1. The second-order valence-corrected chi connectivity index (χ2v) is 8.71. The van der Waals surface area contributed by atoms with Gasteiger partial charge in [-0.1, -0.05) is 30.3 Å². The summed E-state index contributed by atoms with van der Waals surface area (Å²) in [6, 6.07) is 9.44. The van der Waals surface area contributed by atoms with Gasteiger partial charge in [-0.05, 0) is 36.8 Å². The van der Waals surface area contributed by atoms with Gasteiger partial charge in [0.05, 0.1) is 9.73 Å². The predicted octanol–water partition coefficient (Wildman–Crippen LogP) is 2.56. The van der Waals surface area contributed by atoms with Gasteiger partial charge in [0.25, 0.3) is 0 Å². The topological polar surface area (TPSA) is 67.8 Å². The third-order valence-corrected chi connectivity index (χ3v) is 6.88. The van der Waals surface area contributed by atoms with Crippen molar-refractivity contribution in [3.8, 4) is 0 Å². The van der Waals surface area contributed by atoms with Crippen molar-refractivity contribution in [1.29, 1.82) is 0 Å². The summed E-state index contributed by atoms with van der Waals surface area (Å²) in [6.07, 6.45) is 2.36. The molecule has 1 N–H and O–H groups in total. The summed E-state index contributed by atoms with van der Waals surface area (Å²) in [6.45, 7) is 2.09. The number of nitrogens with one attached hydrogen (secondary N) is 1. The van der Waals surface area contributed by atoms with Crippen LogP contribution in [0.15, 0.2) is 34.7 Å². The Morgan fingerprint density at radius 3 is 2.86 bits per heavy atom. The van der Waals surface area contributed by atoms with E-state index in [2.05, 4.69) is 9.68 Å². The van der Waals surface area contributed by atoms with Crippen molar-refractivity contribution in [2.75, 3.05) is 24.6 Å². The third kappa shape index (κ3) is 3.67. The molecule has 2 aliphatic rings. The molecule has 5 nitrogen and oxygen atoms in total. The Morgan fingerprint density at radius 2 is 2.14 bits per heavy atom. The molecule has 2 atom stereocenters. The molecular weight excluding hydrogens is 300 g/mol. The first kappa shape index (κ1) is 15.5. The van der Waals surface area contributed by atoms with Crippen LogP contribution in [0.3, 0.4) is 0 Å². The minimum Gasteiger partial charge on any atom is -0.443 e. The lowest BCUT2D eigenvalue weighted by molar-refractivity contribution is 0.151. The molecule has 2 fully saturated rings. The number of rotatable bonds is 2. The highest BCUT2D eigenvalue weighted by molar-refractivity contribution is 7.94. The number of carbonyl (C=O) groups excluding carboxylic acids is 1. The molecule has 6 heteroatoms. The maximum absolute atomic E-state index is 12.8.